The van der Waals surface area contributed by atoms with E-state index in [-0.39, 0.29) is 5.54 Å². The summed E-state index contributed by atoms with van der Waals surface area (Å²) >= 11 is 0. The van der Waals surface area contributed by atoms with Crippen molar-refractivity contribution in [3.05, 3.63) is 78.1 Å². The van der Waals surface area contributed by atoms with E-state index in [1.807, 2.05) is 43.3 Å². The summed E-state index contributed by atoms with van der Waals surface area (Å²) in [6.45, 7) is 1.87. The Morgan fingerprint density at radius 1 is 1.00 bits per heavy atom. The number of rotatable bonds is 4. The van der Waals surface area contributed by atoms with Gasteiger partial charge in [0.2, 0.25) is 11.6 Å². The average Bonchev–Trinajstić information content (AvgIpc) is 3.41. The van der Waals surface area contributed by atoms with Crippen LogP contribution in [0, 0.1) is 6.92 Å². The summed E-state index contributed by atoms with van der Waals surface area (Å²) in [6, 6.07) is 20.4. The molecule has 1 aliphatic rings. The molecule has 1 aliphatic carbocycles. The van der Waals surface area contributed by atoms with Crippen molar-refractivity contribution < 1.29 is 4.52 Å². The van der Waals surface area contributed by atoms with Gasteiger partial charge in [-0.2, -0.15) is 0 Å². The number of benzene rings is 2. The van der Waals surface area contributed by atoms with Gasteiger partial charge in [-0.1, -0.05) is 47.6 Å². The molecule has 0 atom stereocenters. The van der Waals surface area contributed by atoms with Gasteiger partial charge in [0.05, 0.1) is 11.9 Å². The van der Waals surface area contributed by atoms with E-state index in [9.17, 15) is 0 Å². The van der Waals surface area contributed by atoms with E-state index >= 15 is 0 Å². The largest absolute Gasteiger partial charge is 0.353 e. The Morgan fingerprint density at radius 2 is 1.78 bits per heavy atom. The number of nitrogens with two attached hydrogens (primary N) is 1. The molecule has 7 heteroatoms. The van der Waals surface area contributed by atoms with Crippen LogP contribution in [0.25, 0.3) is 39.8 Å². The van der Waals surface area contributed by atoms with Crippen LogP contribution in [-0.2, 0) is 5.54 Å². The molecule has 0 amide bonds. The number of fused-ring (bicyclic) bond motifs is 1. The Morgan fingerprint density at radius 3 is 2.44 bits per heavy atom. The van der Waals surface area contributed by atoms with Crippen LogP contribution in [0.4, 0.5) is 0 Å². The van der Waals surface area contributed by atoms with Crippen molar-refractivity contribution in [1.82, 2.24) is 24.7 Å². The minimum absolute atomic E-state index is 0.197. The lowest BCUT2D eigenvalue weighted by Gasteiger charge is -2.38. The van der Waals surface area contributed by atoms with Crippen molar-refractivity contribution in [2.24, 2.45) is 5.73 Å². The van der Waals surface area contributed by atoms with Crippen LogP contribution in [0.3, 0.4) is 0 Å². The zero-order valence-corrected chi connectivity index (χ0v) is 17.7. The predicted molar refractivity (Wildman–Crippen MR) is 122 cm³/mol. The van der Waals surface area contributed by atoms with Crippen molar-refractivity contribution in [3.63, 3.8) is 0 Å². The zero-order valence-electron chi connectivity index (χ0n) is 17.7. The van der Waals surface area contributed by atoms with Crippen LogP contribution in [0.2, 0.25) is 0 Å². The second kappa shape index (κ2) is 7.10. The Balaban J connectivity index is 1.55. The first-order valence-corrected chi connectivity index (χ1v) is 10.8. The highest BCUT2D eigenvalue weighted by molar-refractivity contribution is 5.80. The molecular formula is C25H22N6O. The number of imidazole rings is 1. The van der Waals surface area contributed by atoms with Crippen LogP contribution in [0.15, 0.2) is 71.4 Å². The normalized spacial score (nSPS) is 15.1. The molecule has 3 heterocycles. The first-order chi connectivity index (χ1) is 15.6. The van der Waals surface area contributed by atoms with E-state index in [0.717, 1.165) is 35.6 Å². The van der Waals surface area contributed by atoms with Crippen LogP contribution in [-0.4, -0.2) is 24.7 Å². The summed E-state index contributed by atoms with van der Waals surface area (Å²) in [5.74, 6) is 1.81. The molecule has 0 unspecified atom stereocenters. The van der Waals surface area contributed by atoms with Crippen LogP contribution >= 0.6 is 0 Å². The molecule has 0 spiro atoms. The summed E-state index contributed by atoms with van der Waals surface area (Å²) in [7, 11) is 0. The van der Waals surface area contributed by atoms with E-state index in [0.29, 0.717) is 22.7 Å². The second-order valence-corrected chi connectivity index (χ2v) is 8.43. The van der Waals surface area contributed by atoms with Gasteiger partial charge in [-0.15, -0.1) is 0 Å². The molecule has 0 bridgehead atoms. The number of aromatic nitrogens is 5. The topological polar surface area (TPSA) is 95.7 Å². The SMILES string of the molecule is Cc1cc(-c2ncc3nc(-c4ccccc4)n(-c4ccc(C5(N)CCC5)cc4)c3n2)on1. The fraction of sp³-hybridized carbons (Fsp3) is 0.200. The fourth-order valence-corrected chi connectivity index (χ4v) is 4.28. The molecule has 158 valence electrons. The number of aryl methyl sites for hydroxylation is 1. The van der Waals surface area contributed by atoms with Crippen molar-refractivity contribution in [2.45, 2.75) is 31.7 Å². The van der Waals surface area contributed by atoms with Gasteiger partial charge in [-0.25, -0.2) is 15.0 Å². The number of hydrogen-bond acceptors (Lipinski definition) is 6. The summed E-state index contributed by atoms with van der Waals surface area (Å²) in [4.78, 5) is 14.1. The minimum atomic E-state index is -0.197. The highest BCUT2D eigenvalue weighted by Crippen LogP contribution is 2.39. The van der Waals surface area contributed by atoms with Gasteiger partial charge in [-0.3, -0.25) is 4.57 Å². The van der Waals surface area contributed by atoms with Crippen molar-refractivity contribution >= 4 is 11.2 Å². The highest BCUT2D eigenvalue weighted by Gasteiger charge is 2.34. The smallest absolute Gasteiger partial charge is 0.204 e. The molecule has 0 aliphatic heterocycles. The predicted octanol–water partition coefficient (Wildman–Crippen LogP) is 4.78. The molecule has 0 saturated heterocycles. The maximum atomic E-state index is 6.53. The maximum absolute atomic E-state index is 6.53. The molecule has 32 heavy (non-hydrogen) atoms. The van der Waals surface area contributed by atoms with Gasteiger partial charge in [0, 0.05) is 22.9 Å². The molecule has 2 N–H and O–H groups in total. The van der Waals surface area contributed by atoms with E-state index in [1.165, 1.54) is 12.0 Å². The third kappa shape index (κ3) is 3.01. The molecule has 2 aromatic carbocycles. The molecular weight excluding hydrogens is 400 g/mol. The Bertz CT molecular complexity index is 1410. The minimum Gasteiger partial charge on any atom is -0.353 e. The van der Waals surface area contributed by atoms with Gasteiger partial charge in [0.15, 0.2) is 5.65 Å². The van der Waals surface area contributed by atoms with Crippen molar-refractivity contribution in [2.75, 3.05) is 0 Å². The summed E-state index contributed by atoms with van der Waals surface area (Å²) in [6.07, 6.45) is 4.98. The monoisotopic (exact) mass is 422 g/mol. The van der Waals surface area contributed by atoms with Crippen molar-refractivity contribution in [1.29, 1.82) is 0 Å². The van der Waals surface area contributed by atoms with E-state index in [4.69, 9.17) is 20.2 Å². The number of nitrogens with zero attached hydrogens (tertiary/aromatic N) is 5. The Labute approximate surface area is 184 Å². The third-order valence-corrected chi connectivity index (χ3v) is 6.23. The first-order valence-electron chi connectivity index (χ1n) is 10.8. The highest BCUT2D eigenvalue weighted by atomic mass is 16.5. The summed E-state index contributed by atoms with van der Waals surface area (Å²) in [5, 5.41) is 3.96. The lowest BCUT2D eigenvalue weighted by Crippen LogP contribution is -2.43. The molecule has 0 radical (unpaired) electrons. The quantitative estimate of drug-likeness (QED) is 0.448. The van der Waals surface area contributed by atoms with E-state index in [1.54, 1.807) is 6.20 Å². The second-order valence-electron chi connectivity index (χ2n) is 8.43. The summed E-state index contributed by atoms with van der Waals surface area (Å²) in [5.41, 5.74) is 11.7. The van der Waals surface area contributed by atoms with Gasteiger partial charge in [0.1, 0.15) is 11.3 Å². The van der Waals surface area contributed by atoms with E-state index < -0.39 is 0 Å². The lowest BCUT2D eigenvalue weighted by atomic mass is 9.73. The molecule has 3 aromatic heterocycles. The van der Waals surface area contributed by atoms with Crippen LogP contribution < -0.4 is 5.73 Å². The molecule has 5 aromatic rings. The van der Waals surface area contributed by atoms with Crippen LogP contribution in [0.1, 0.15) is 30.5 Å². The third-order valence-electron chi connectivity index (χ3n) is 6.23. The first kappa shape index (κ1) is 18.9. The molecule has 1 saturated carbocycles. The van der Waals surface area contributed by atoms with Crippen molar-refractivity contribution in [3.8, 4) is 28.7 Å². The van der Waals surface area contributed by atoms with Gasteiger partial charge in [-0.05, 0) is 43.9 Å². The lowest BCUT2D eigenvalue weighted by molar-refractivity contribution is 0.253. The Hall–Kier alpha value is -3.84. The van der Waals surface area contributed by atoms with Crippen LogP contribution in [0.5, 0.6) is 0 Å². The van der Waals surface area contributed by atoms with Gasteiger partial charge < -0.3 is 10.3 Å². The molecule has 1 fully saturated rings. The van der Waals surface area contributed by atoms with Gasteiger partial charge >= 0.3 is 0 Å². The maximum Gasteiger partial charge on any atom is 0.204 e. The fourth-order valence-electron chi connectivity index (χ4n) is 4.28. The van der Waals surface area contributed by atoms with E-state index in [2.05, 4.69) is 39.0 Å². The number of hydrogen-bond donors (Lipinski definition) is 1. The average molecular weight is 422 g/mol. The Kier molecular flexibility index (Phi) is 4.19. The zero-order chi connectivity index (χ0) is 21.7. The summed E-state index contributed by atoms with van der Waals surface area (Å²) < 4.78 is 7.45. The standard InChI is InChI=1S/C25H22N6O/c1-16-14-21(32-30-16)22-27-15-20-24(29-22)31(23(28-20)17-6-3-2-4-7-17)19-10-8-18(9-11-19)25(26)12-5-13-25/h2-4,6-11,14-15H,5,12-13,26H2,1H3. The molecule has 7 nitrogen and oxygen atoms in total. The molecule has 6 rings (SSSR count). The van der Waals surface area contributed by atoms with Gasteiger partial charge in [0.25, 0.3) is 0 Å².